The lowest BCUT2D eigenvalue weighted by Crippen LogP contribution is -2.15. The van der Waals surface area contributed by atoms with E-state index in [0.717, 1.165) is 11.5 Å². The number of carbonyl (C=O) groups excluding carboxylic acids is 1. The number of thioether (sulfide) groups is 1. The summed E-state index contributed by atoms with van der Waals surface area (Å²) < 4.78 is 17.6. The van der Waals surface area contributed by atoms with E-state index >= 15 is 0 Å². The number of nitrogens with zero attached hydrogens (tertiary/aromatic N) is 4. The van der Waals surface area contributed by atoms with Crippen LogP contribution in [0.3, 0.4) is 0 Å². The Morgan fingerprint density at radius 2 is 2.04 bits per heavy atom. The van der Waals surface area contributed by atoms with Crippen LogP contribution in [0.4, 0.5) is 10.1 Å². The van der Waals surface area contributed by atoms with Crippen LogP contribution in [0.1, 0.15) is 18.4 Å². The number of aromatic nitrogens is 4. The molecular weight excluding hydrogens is 353 g/mol. The third-order valence-electron chi connectivity index (χ3n) is 3.98. The Labute approximate surface area is 155 Å². The van der Waals surface area contributed by atoms with Crippen LogP contribution < -0.4 is 5.32 Å². The van der Waals surface area contributed by atoms with Crippen molar-refractivity contribution in [3.63, 3.8) is 0 Å². The van der Waals surface area contributed by atoms with Gasteiger partial charge in [-0.3, -0.25) is 4.79 Å². The molecule has 0 saturated heterocycles. The lowest BCUT2D eigenvalue weighted by molar-refractivity contribution is -0.113. The van der Waals surface area contributed by atoms with Crippen molar-refractivity contribution in [3.8, 4) is 0 Å². The van der Waals surface area contributed by atoms with Crippen LogP contribution in [-0.2, 0) is 24.8 Å². The Kier molecular flexibility index (Phi) is 5.72. The SMILES string of the molecule is CCn1c(Cc2cccn2C)nnc1SCC(=O)Nc1ccccc1F. The van der Waals surface area contributed by atoms with Gasteiger partial charge in [0, 0.05) is 31.9 Å². The van der Waals surface area contributed by atoms with Crippen molar-refractivity contribution in [1.82, 2.24) is 19.3 Å². The average Bonchev–Trinajstić information content (AvgIpc) is 3.21. The zero-order valence-corrected chi connectivity index (χ0v) is 15.5. The van der Waals surface area contributed by atoms with Crippen LogP contribution >= 0.6 is 11.8 Å². The van der Waals surface area contributed by atoms with Crippen LogP contribution in [0.2, 0.25) is 0 Å². The van der Waals surface area contributed by atoms with Crippen LogP contribution in [0.25, 0.3) is 0 Å². The summed E-state index contributed by atoms with van der Waals surface area (Å²) in [6, 6.07) is 10.1. The van der Waals surface area contributed by atoms with Crippen molar-refractivity contribution in [2.45, 2.75) is 25.0 Å². The maximum Gasteiger partial charge on any atom is 0.234 e. The van der Waals surface area contributed by atoms with Crippen molar-refractivity contribution < 1.29 is 9.18 Å². The van der Waals surface area contributed by atoms with Crippen molar-refractivity contribution in [2.24, 2.45) is 7.05 Å². The molecule has 136 valence electrons. The fourth-order valence-corrected chi connectivity index (χ4v) is 3.42. The van der Waals surface area contributed by atoms with Crippen LogP contribution in [-0.4, -0.2) is 31.0 Å². The number of aryl methyl sites for hydroxylation is 1. The minimum Gasteiger partial charge on any atom is -0.354 e. The maximum absolute atomic E-state index is 13.6. The van der Waals surface area contributed by atoms with Gasteiger partial charge < -0.3 is 14.5 Å². The third kappa shape index (κ3) is 4.13. The first-order valence-corrected chi connectivity index (χ1v) is 9.26. The Morgan fingerprint density at radius 3 is 2.73 bits per heavy atom. The quantitative estimate of drug-likeness (QED) is 0.647. The number of benzene rings is 1. The number of carbonyl (C=O) groups is 1. The number of para-hydroxylation sites is 1. The van der Waals surface area contributed by atoms with Gasteiger partial charge in [0.05, 0.1) is 11.4 Å². The van der Waals surface area contributed by atoms with Gasteiger partial charge in [-0.25, -0.2) is 4.39 Å². The van der Waals surface area contributed by atoms with Crippen molar-refractivity contribution in [3.05, 3.63) is 59.9 Å². The average molecular weight is 373 g/mol. The molecule has 8 heteroatoms. The molecule has 0 unspecified atom stereocenters. The van der Waals surface area contributed by atoms with E-state index in [-0.39, 0.29) is 17.3 Å². The van der Waals surface area contributed by atoms with Crippen LogP contribution in [0.15, 0.2) is 47.8 Å². The van der Waals surface area contributed by atoms with Gasteiger partial charge in [0.2, 0.25) is 5.91 Å². The number of hydrogen-bond donors (Lipinski definition) is 1. The molecule has 0 aliphatic heterocycles. The minimum atomic E-state index is -0.451. The molecule has 0 fully saturated rings. The van der Waals surface area contributed by atoms with Gasteiger partial charge >= 0.3 is 0 Å². The fourth-order valence-electron chi connectivity index (χ4n) is 2.60. The van der Waals surface area contributed by atoms with E-state index < -0.39 is 5.82 Å². The molecular formula is C18H20FN5OS. The van der Waals surface area contributed by atoms with Gasteiger partial charge in [-0.05, 0) is 31.2 Å². The molecule has 1 N–H and O–H groups in total. The zero-order valence-electron chi connectivity index (χ0n) is 14.6. The third-order valence-corrected chi connectivity index (χ3v) is 4.95. The predicted molar refractivity (Wildman–Crippen MR) is 99.7 cm³/mol. The molecule has 1 aromatic carbocycles. The summed E-state index contributed by atoms with van der Waals surface area (Å²) in [6.45, 7) is 2.73. The topological polar surface area (TPSA) is 64.7 Å². The van der Waals surface area contributed by atoms with E-state index in [1.807, 2.05) is 41.4 Å². The molecule has 2 aromatic heterocycles. The second-order valence-electron chi connectivity index (χ2n) is 5.75. The standard InChI is InChI=1S/C18H20FN5OS/c1-3-24-16(11-13-7-6-10-23(13)2)21-22-18(24)26-12-17(25)20-15-9-5-4-8-14(15)19/h4-10H,3,11-12H2,1-2H3,(H,20,25). The second kappa shape index (κ2) is 8.18. The zero-order chi connectivity index (χ0) is 18.5. The highest BCUT2D eigenvalue weighted by Gasteiger charge is 2.15. The molecule has 0 aliphatic carbocycles. The first-order valence-electron chi connectivity index (χ1n) is 8.28. The van der Waals surface area contributed by atoms with Crippen molar-refractivity contribution in [2.75, 3.05) is 11.1 Å². The summed E-state index contributed by atoms with van der Waals surface area (Å²) in [4.78, 5) is 12.1. The molecule has 0 atom stereocenters. The van der Waals surface area contributed by atoms with Crippen molar-refractivity contribution in [1.29, 1.82) is 0 Å². The highest BCUT2D eigenvalue weighted by atomic mass is 32.2. The van der Waals surface area contributed by atoms with E-state index in [0.29, 0.717) is 18.1 Å². The Balaban J connectivity index is 1.64. The Bertz CT molecular complexity index is 905. The van der Waals surface area contributed by atoms with E-state index in [2.05, 4.69) is 15.5 Å². The molecule has 2 heterocycles. The molecule has 3 rings (SSSR count). The van der Waals surface area contributed by atoms with E-state index in [1.165, 1.54) is 23.9 Å². The fraction of sp³-hybridized carbons (Fsp3) is 0.278. The molecule has 3 aromatic rings. The molecule has 0 bridgehead atoms. The van der Waals surface area contributed by atoms with Gasteiger partial charge in [0.15, 0.2) is 5.16 Å². The van der Waals surface area contributed by atoms with Crippen LogP contribution in [0, 0.1) is 5.82 Å². The first kappa shape index (κ1) is 18.2. The summed E-state index contributed by atoms with van der Waals surface area (Å²) in [5.74, 6) is 0.254. The van der Waals surface area contributed by atoms with Gasteiger partial charge in [0.1, 0.15) is 11.6 Å². The molecule has 26 heavy (non-hydrogen) atoms. The number of halogens is 1. The summed E-state index contributed by atoms with van der Waals surface area (Å²) in [5, 5.41) is 11.7. The molecule has 0 aliphatic rings. The van der Waals surface area contributed by atoms with Crippen LogP contribution in [0.5, 0.6) is 0 Å². The highest BCUT2D eigenvalue weighted by molar-refractivity contribution is 7.99. The molecule has 6 nitrogen and oxygen atoms in total. The summed E-state index contributed by atoms with van der Waals surface area (Å²) >= 11 is 1.29. The molecule has 0 saturated carbocycles. The normalized spacial score (nSPS) is 10.9. The predicted octanol–water partition coefficient (Wildman–Crippen LogP) is 3.10. The number of anilines is 1. The van der Waals surface area contributed by atoms with Gasteiger partial charge in [-0.2, -0.15) is 0 Å². The monoisotopic (exact) mass is 373 g/mol. The number of rotatable bonds is 7. The summed E-state index contributed by atoms with van der Waals surface area (Å²) in [6.07, 6.45) is 2.66. The van der Waals surface area contributed by atoms with Gasteiger partial charge in [-0.1, -0.05) is 23.9 Å². The minimum absolute atomic E-state index is 0.136. The lowest BCUT2D eigenvalue weighted by atomic mass is 10.3. The second-order valence-corrected chi connectivity index (χ2v) is 6.69. The van der Waals surface area contributed by atoms with Gasteiger partial charge in [-0.15, -0.1) is 10.2 Å². The van der Waals surface area contributed by atoms with Gasteiger partial charge in [0.25, 0.3) is 0 Å². The molecule has 0 spiro atoms. The summed E-state index contributed by atoms with van der Waals surface area (Å²) in [7, 11) is 1.99. The van der Waals surface area contributed by atoms with E-state index in [9.17, 15) is 9.18 Å². The molecule has 0 radical (unpaired) electrons. The largest absolute Gasteiger partial charge is 0.354 e. The summed E-state index contributed by atoms with van der Waals surface area (Å²) in [5.41, 5.74) is 1.32. The number of nitrogens with one attached hydrogen (secondary N) is 1. The lowest BCUT2D eigenvalue weighted by Gasteiger charge is -2.08. The Morgan fingerprint density at radius 1 is 1.23 bits per heavy atom. The van der Waals surface area contributed by atoms with E-state index in [1.54, 1.807) is 12.1 Å². The number of hydrogen-bond acceptors (Lipinski definition) is 4. The van der Waals surface area contributed by atoms with E-state index in [4.69, 9.17) is 0 Å². The highest BCUT2D eigenvalue weighted by Crippen LogP contribution is 2.20. The van der Waals surface area contributed by atoms with Crippen molar-refractivity contribution >= 4 is 23.4 Å². The maximum atomic E-state index is 13.6. The Hall–Kier alpha value is -2.61. The first-order chi connectivity index (χ1) is 12.6. The molecule has 1 amide bonds. The smallest absolute Gasteiger partial charge is 0.234 e. The number of amides is 1.